The number of ether oxygens (including phenoxy) is 2. The average Bonchev–Trinajstić information content (AvgIpc) is 3.00. The first-order chi connectivity index (χ1) is 20.4. The first-order valence-electron chi connectivity index (χ1n) is 16.7. The second-order valence-electron chi connectivity index (χ2n) is 10.8. The van der Waals surface area contributed by atoms with Crippen LogP contribution >= 0.6 is 48.0 Å². The molecule has 0 heterocycles. The first kappa shape index (κ1) is 39.3. The normalized spacial score (nSPS) is 11.0. The lowest BCUT2D eigenvalue weighted by Gasteiger charge is -2.23. The van der Waals surface area contributed by atoms with Crippen LogP contribution in [0, 0.1) is 0 Å². The number of thiocarbonyl (C=S) groups is 2. The standard InChI is InChI=1S/C34H60N2O2S4/c1-7-13-15-17-19-21-23-37-31-25-30(28-42-34(40)36(11-5)12-6)32(38-24-22-20-18-16-14-8-2)26-29(31)27-41-33(39)35(9-3)10-4/h25-26H,7-24,27-28H2,1-6H3. The second-order valence-corrected chi connectivity index (χ2v) is 14.0. The number of hydrogen-bond acceptors (Lipinski definition) is 6. The Morgan fingerprint density at radius 1 is 0.548 bits per heavy atom. The van der Waals surface area contributed by atoms with Crippen molar-refractivity contribution in [3.8, 4) is 11.5 Å². The molecular formula is C34H60N2O2S4. The van der Waals surface area contributed by atoms with Crippen molar-refractivity contribution in [2.75, 3.05) is 39.4 Å². The molecule has 1 aromatic rings. The van der Waals surface area contributed by atoms with Crippen LogP contribution in [0.5, 0.6) is 11.5 Å². The number of benzene rings is 1. The van der Waals surface area contributed by atoms with E-state index in [2.05, 4.69) is 63.5 Å². The van der Waals surface area contributed by atoms with E-state index in [4.69, 9.17) is 33.9 Å². The van der Waals surface area contributed by atoms with Crippen LogP contribution in [-0.4, -0.2) is 57.8 Å². The molecule has 0 bridgehead atoms. The number of hydrogen-bond donors (Lipinski definition) is 0. The van der Waals surface area contributed by atoms with E-state index in [0.717, 1.165) is 83.9 Å². The van der Waals surface area contributed by atoms with Crippen molar-refractivity contribution < 1.29 is 9.47 Å². The Morgan fingerprint density at radius 3 is 1.21 bits per heavy atom. The SMILES string of the molecule is CCCCCCCCOc1cc(CSC(=S)N(CC)CC)c(OCCCCCCCC)cc1CSC(=S)N(CC)CC. The quantitative estimate of drug-likeness (QED) is 0.0801. The summed E-state index contributed by atoms with van der Waals surface area (Å²) in [4.78, 5) is 4.48. The highest BCUT2D eigenvalue weighted by atomic mass is 32.2. The summed E-state index contributed by atoms with van der Waals surface area (Å²) >= 11 is 15.0. The maximum absolute atomic E-state index is 6.48. The Kier molecular flexibility index (Phi) is 24.0. The lowest BCUT2D eigenvalue weighted by atomic mass is 10.1. The Balaban J connectivity index is 3.12. The van der Waals surface area contributed by atoms with Crippen molar-refractivity contribution >= 4 is 56.6 Å². The Labute approximate surface area is 278 Å². The van der Waals surface area contributed by atoms with E-state index in [1.165, 1.54) is 75.3 Å². The fraction of sp³-hybridized carbons (Fsp3) is 0.765. The minimum atomic E-state index is 0.743. The maximum atomic E-state index is 6.48. The van der Waals surface area contributed by atoms with Crippen molar-refractivity contribution in [1.82, 2.24) is 9.80 Å². The van der Waals surface area contributed by atoms with Crippen LogP contribution in [0.1, 0.15) is 130 Å². The van der Waals surface area contributed by atoms with Crippen molar-refractivity contribution in [3.63, 3.8) is 0 Å². The van der Waals surface area contributed by atoms with Gasteiger partial charge in [-0.1, -0.05) is 126 Å². The monoisotopic (exact) mass is 656 g/mol. The number of thioether (sulfide) groups is 2. The Bertz CT molecular complexity index is 790. The molecule has 0 amide bonds. The maximum Gasteiger partial charge on any atom is 0.136 e. The molecule has 1 rings (SSSR count). The molecule has 0 atom stereocenters. The third-order valence-corrected chi connectivity index (χ3v) is 10.6. The highest BCUT2D eigenvalue weighted by molar-refractivity contribution is 8.22. The van der Waals surface area contributed by atoms with Gasteiger partial charge in [0.2, 0.25) is 0 Å². The van der Waals surface area contributed by atoms with Crippen molar-refractivity contribution in [3.05, 3.63) is 23.3 Å². The predicted octanol–water partition coefficient (Wildman–Crippen LogP) is 10.9. The fourth-order valence-electron chi connectivity index (χ4n) is 4.69. The number of unbranched alkanes of at least 4 members (excludes halogenated alkanes) is 10. The van der Waals surface area contributed by atoms with Gasteiger partial charge in [-0.3, -0.25) is 0 Å². The average molecular weight is 657 g/mol. The van der Waals surface area contributed by atoms with Crippen LogP contribution in [0.15, 0.2) is 12.1 Å². The minimum absolute atomic E-state index is 0.743. The van der Waals surface area contributed by atoms with Gasteiger partial charge in [0, 0.05) is 48.8 Å². The summed E-state index contributed by atoms with van der Waals surface area (Å²) in [5, 5.41) is 0. The molecule has 0 radical (unpaired) electrons. The van der Waals surface area contributed by atoms with Crippen LogP contribution < -0.4 is 9.47 Å². The lowest BCUT2D eigenvalue weighted by Crippen LogP contribution is -2.26. The molecule has 0 aliphatic carbocycles. The van der Waals surface area contributed by atoms with E-state index in [9.17, 15) is 0 Å². The summed E-state index contributed by atoms with van der Waals surface area (Å²) in [5.74, 6) is 3.49. The molecule has 0 N–H and O–H groups in total. The molecule has 242 valence electrons. The minimum Gasteiger partial charge on any atom is -0.493 e. The zero-order valence-corrected chi connectivity index (χ0v) is 30.9. The summed E-state index contributed by atoms with van der Waals surface area (Å²) in [6.07, 6.45) is 15.0. The first-order valence-corrected chi connectivity index (χ1v) is 19.5. The van der Waals surface area contributed by atoms with Crippen molar-refractivity contribution in [2.24, 2.45) is 0 Å². The van der Waals surface area contributed by atoms with Crippen LogP contribution in [-0.2, 0) is 11.5 Å². The number of nitrogens with zero attached hydrogens (tertiary/aromatic N) is 2. The van der Waals surface area contributed by atoms with Gasteiger partial charge in [-0.2, -0.15) is 0 Å². The number of rotatable bonds is 24. The van der Waals surface area contributed by atoms with Gasteiger partial charge in [0.15, 0.2) is 0 Å². The summed E-state index contributed by atoms with van der Waals surface area (Å²) < 4.78 is 14.9. The van der Waals surface area contributed by atoms with Gasteiger partial charge in [0.25, 0.3) is 0 Å². The third-order valence-electron chi connectivity index (χ3n) is 7.50. The van der Waals surface area contributed by atoms with E-state index in [0.29, 0.717) is 0 Å². The third kappa shape index (κ3) is 16.4. The molecule has 8 heteroatoms. The van der Waals surface area contributed by atoms with Gasteiger partial charge >= 0.3 is 0 Å². The van der Waals surface area contributed by atoms with Crippen molar-refractivity contribution in [1.29, 1.82) is 0 Å². The van der Waals surface area contributed by atoms with E-state index in [1.54, 1.807) is 23.5 Å². The topological polar surface area (TPSA) is 24.9 Å². The largest absolute Gasteiger partial charge is 0.493 e. The van der Waals surface area contributed by atoms with Crippen LogP contribution in [0.4, 0.5) is 0 Å². The predicted molar refractivity (Wildman–Crippen MR) is 198 cm³/mol. The molecule has 0 aliphatic rings. The van der Waals surface area contributed by atoms with Gasteiger partial charge < -0.3 is 19.3 Å². The molecule has 1 aromatic carbocycles. The molecule has 0 fully saturated rings. The van der Waals surface area contributed by atoms with Gasteiger partial charge in [-0.25, -0.2) is 0 Å². The van der Waals surface area contributed by atoms with E-state index in [1.807, 2.05) is 0 Å². The summed E-state index contributed by atoms with van der Waals surface area (Å²) in [6.45, 7) is 18.4. The highest BCUT2D eigenvalue weighted by Gasteiger charge is 2.17. The second kappa shape index (κ2) is 25.6. The zero-order valence-electron chi connectivity index (χ0n) is 27.6. The molecule has 42 heavy (non-hydrogen) atoms. The van der Waals surface area contributed by atoms with Gasteiger partial charge in [-0.15, -0.1) is 0 Å². The highest BCUT2D eigenvalue weighted by Crippen LogP contribution is 2.35. The Morgan fingerprint density at radius 2 is 0.881 bits per heavy atom. The summed E-state index contributed by atoms with van der Waals surface area (Å²) in [7, 11) is 0. The van der Waals surface area contributed by atoms with E-state index in [-0.39, 0.29) is 0 Å². The molecule has 4 nitrogen and oxygen atoms in total. The van der Waals surface area contributed by atoms with Crippen molar-refractivity contribution in [2.45, 2.75) is 130 Å². The molecule has 0 saturated carbocycles. The molecule has 0 aromatic heterocycles. The molecule has 0 unspecified atom stereocenters. The zero-order chi connectivity index (χ0) is 31.0. The lowest BCUT2D eigenvalue weighted by molar-refractivity contribution is 0.293. The molecular weight excluding hydrogens is 597 g/mol. The molecule has 0 aliphatic heterocycles. The smallest absolute Gasteiger partial charge is 0.136 e. The molecule has 0 spiro atoms. The van der Waals surface area contributed by atoms with Gasteiger partial charge in [0.05, 0.1) is 13.2 Å². The van der Waals surface area contributed by atoms with Crippen LogP contribution in [0.3, 0.4) is 0 Å². The van der Waals surface area contributed by atoms with Gasteiger partial charge in [-0.05, 0) is 52.7 Å². The molecule has 0 saturated heterocycles. The van der Waals surface area contributed by atoms with E-state index >= 15 is 0 Å². The van der Waals surface area contributed by atoms with Gasteiger partial charge in [0.1, 0.15) is 20.1 Å². The Hall–Kier alpha value is -0.700. The van der Waals surface area contributed by atoms with Crippen LogP contribution in [0.25, 0.3) is 0 Å². The summed E-state index contributed by atoms with van der Waals surface area (Å²) in [6, 6.07) is 4.45. The fourth-order valence-corrected chi connectivity index (χ4v) is 7.45. The van der Waals surface area contributed by atoms with Crippen LogP contribution in [0.2, 0.25) is 0 Å². The summed E-state index contributed by atoms with van der Waals surface area (Å²) in [5.41, 5.74) is 2.33. The van der Waals surface area contributed by atoms with E-state index < -0.39 is 0 Å².